The Labute approximate surface area is 98.7 Å². The summed E-state index contributed by atoms with van der Waals surface area (Å²) in [4.78, 5) is 4.55. The van der Waals surface area contributed by atoms with E-state index in [4.69, 9.17) is 0 Å². The summed E-state index contributed by atoms with van der Waals surface area (Å²) in [5.41, 5.74) is 2.38. The summed E-state index contributed by atoms with van der Waals surface area (Å²) in [6.07, 6.45) is 0. The van der Waals surface area contributed by atoms with Gasteiger partial charge in [0, 0.05) is 18.8 Å². The van der Waals surface area contributed by atoms with Crippen molar-refractivity contribution in [3.8, 4) is 0 Å². The molecule has 1 heterocycles. The van der Waals surface area contributed by atoms with Crippen LogP contribution in [0.2, 0.25) is 0 Å². The van der Waals surface area contributed by atoms with Gasteiger partial charge in [-0.15, -0.1) is 0 Å². The van der Waals surface area contributed by atoms with Crippen LogP contribution in [0.5, 0.6) is 0 Å². The molecular formula is C13H23N3. The summed E-state index contributed by atoms with van der Waals surface area (Å²) in [5.74, 6) is 1.62. The molecule has 0 spiro atoms. The average molecular weight is 221 g/mol. The van der Waals surface area contributed by atoms with Crippen molar-refractivity contribution < 1.29 is 0 Å². The second-order valence-electron chi connectivity index (χ2n) is 4.50. The molecule has 90 valence electrons. The highest BCUT2D eigenvalue weighted by molar-refractivity contribution is 5.38. The lowest BCUT2D eigenvalue weighted by Crippen LogP contribution is -2.14. The molecule has 1 aromatic heterocycles. The van der Waals surface area contributed by atoms with Crippen molar-refractivity contribution in [2.24, 2.45) is 5.92 Å². The number of nitrogens with zero attached hydrogens (tertiary/aromatic N) is 1. The minimum absolute atomic E-state index is 0.642. The van der Waals surface area contributed by atoms with E-state index in [1.807, 2.05) is 0 Å². The van der Waals surface area contributed by atoms with Crippen LogP contribution in [0.1, 0.15) is 32.0 Å². The van der Waals surface area contributed by atoms with E-state index in [2.05, 4.69) is 55.4 Å². The van der Waals surface area contributed by atoms with Gasteiger partial charge in [-0.05, 0) is 31.0 Å². The van der Waals surface area contributed by atoms with Crippen LogP contribution in [0, 0.1) is 12.8 Å². The van der Waals surface area contributed by atoms with E-state index in [9.17, 15) is 0 Å². The van der Waals surface area contributed by atoms with Crippen LogP contribution < -0.4 is 10.6 Å². The van der Waals surface area contributed by atoms with Crippen LogP contribution in [-0.4, -0.2) is 18.1 Å². The molecule has 0 aliphatic rings. The molecule has 0 aliphatic carbocycles. The highest BCUT2D eigenvalue weighted by Gasteiger charge is 2.01. The topological polar surface area (TPSA) is 37.0 Å². The largest absolute Gasteiger partial charge is 0.370 e. The molecule has 0 fully saturated rings. The zero-order chi connectivity index (χ0) is 12.0. The molecule has 0 saturated heterocycles. The van der Waals surface area contributed by atoms with Gasteiger partial charge in [0.1, 0.15) is 5.82 Å². The summed E-state index contributed by atoms with van der Waals surface area (Å²) in [7, 11) is 0. The predicted octanol–water partition coefficient (Wildman–Crippen LogP) is 2.57. The molecule has 0 atom stereocenters. The first-order valence-corrected chi connectivity index (χ1v) is 6.04. The fourth-order valence-corrected chi connectivity index (χ4v) is 1.44. The molecule has 3 heteroatoms. The van der Waals surface area contributed by atoms with Crippen LogP contribution in [-0.2, 0) is 6.54 Å². The van der Waals surface area contributed by atoms with Gasteiger partial charge in [-0.3, -0.25) is 0 Å². The molecule has 0 bridgehead atoms. The van der Waals surface area contributed by atoms with E-state index in [-0.39, 0.29) is 0 Å². The maximum absolute atomic E-state index is 4.55. The zero-order valence-electron chi connectivity index (χ0n) is 10.8. The first kappa shape index (κ1) is 13.0. The Kier molecular flexibility index (Phi) is 5.26. The standard InChI is InChI=1S/C13H23N3/c1-5-14-9-12-6-7-13(16-11(12)4)15-8-10(2)3/h6-7,10,14H,5,8-9H2,1-4H3,(H,15,16). The van der Waals surface area contributed by atoms with Crippen molar-refractivity contribution in [1.82, 2.24) is 10.3 Å². The number of pyridine rings is 1. The number of aryl methyl sites for hydroxylation is 1. The Morgan fingerprint density at radius 1 is 1.31 bits per heavy atom. The van der Waals surface area contributed by atoms with Crippen molar-refractivity contribution in [2.75, 3.05) is 18.4 Å². The molecule has 3 nitrogen and oxygen atoms in total. The Balaban J connectivity index is 2.59. The lowest BCUT2D eigenvalue weighted by molar-refractivity contribution is 0.686. The van der Waals surface area contributed by atoms with Crippen LogP contribution in [0.3, 0.4) is 0 Å². The van der Waals surface area contributed by atoms with Gasteiger partial charge in [-0.25, -0.2) is 4.98 Å². The second kappa shape index (κ2) is 6.48. The van der Waals surface area contributed by atoms with E-state index < -0.39 is 0 Å². The fraction of sp³-hybridized carbons (Fsp3) is 0.615. The van der Waals surface area contributed by atoms with Crippen LogP contribution in [0.15, 0.2) is 12.1 Å². The van der Waals surface area contributed by atoms with E-state index >= 15 is 0 Å². The third kappa shape index (κ3) is 4.19. The fourth-order valence-electron chi connectivity index (χ4n) is 1.44. The van der Waals surface area contributed by atoms with Gasteiger partial charge in [0.25, 0.3) is 0 Å². The van der Waals surface area contributed by atoms with Gasteiger partial charge in [0.05, 0.1) is 0 Å². The molecule has 0 amide bonds. The molecule has 0 saturated carbocycles. The van der Waals surface area contributed by atoms with Crippen molar-refractivity contribution in [1.29, 1.82) is 0 Å². The Hall–Kier alpha value is -1.09. The van der Waals surface area contributed by atoms with E-state index in [1.54, 1.807) is 0 Å². The summed E-state index contributed by atoms with van der Waals surface area (Å²) in [6.45, 7) is 11.4. The van der Waals surface area contributed by atoms with Gasteiger partial charge in [-0.1, -0.05) is 26.8 Å². The molecule has 2 N–H and O–H groups in total. The van der Waals surface area contributed by atoms with Gasteiger partial charge in [0.2, 0.25) is 0 Å². The van der Waals surface area contributed by atoms with Crippen molar-refractivity contribution in [3.63, 3.8) is 0 Å². The highest BCUT2D eigenvalue weighted by atomic mass is 15.0. The van der Waals surface area contributed by atoms with Crippen LogP contribution in [0.25, 0.3) is 0 Å². The second-order valence-corrected chi connectivity index (χ2v) is 4.50. The number of rotatable bonds is 6. The smallest absolute Gasteiger partial charge is 0.126 e. The quantitative estimate of drug-likeness (QED) is 0.775. The number of aromatic nitrogens is 1. The zero-order valence-corrected chi connectivity index (χ0v) is 10.8. The molecule has 0 radical (unpaired) electrons. The van der Waals surface area contributed by atoms with E-state index in [0.29, 0.717) is 5.92 Å². The molecule has 0 aliphatic heterocycles. The number of hydrogen-bond acceptors (Lipinski definition) is 3. The number of hydrogen-bond donors (Lipinski definition) is 2. The lowest BCUT2D eigenvalue weighted by Gasteiger charge is -2.11. The SMILES string of the molecule is CCNCc1ccc(NCC(C)C)nc1C. The van der Waals surface area contributed by atoms with Crippen LogP contribution >= 0.6 is 0 Å². The normalized spacial score (nSPS) is 10.8. The van der Waals surface area contributed by atoms with E-state index in [0.717, 1.165) is 31.1 Å². The Bertz CT molecular complexity index is 321. The van der Waals surface area contributed by atoms with Crippen LogP contribution in [0.4, 0.5) is 5.82 Å². The van der Waals surface area contributed by atoms with E-state index in [1.165, 1.54) is 5.56 Å². The summed E-state index contributed by atoms with van der Waals surface area (Å²) in [6, 6.07) is 4.20. The molecular weight excluding hydrogens is 198 g/mol. The maximum Gasteiger partial charge on any atom is 0.126 e. The molecule has 1 aromatic rings. The first-order chi connectivity index (χ1) is 7.63. The Morgan fingerprint density at radius 2 is 2.06 bits per heavy atom. The third-order valence-electron chi connectivity index (χ3n) is 2.45. The van der Waals surface area contributed by atoms with Crippen molar-refractivity contribution >= 4 is 5.82 Å². The molecule has 1 rings (SSSR count). The molecule has 0 aromatic carbocycles. The van der Waals surface area contributed by atoms with Gasteiger partial charge in [0.15, 0.2) is 0 Å². The molecule has 16 heavy (non-hydrogen) atoms. The minimum atomic E-state index is 0.642. The Morgan fingerprint density at radius 3 is 2.62 bits per heavy atom. The third-order valence-corrected chi connectivity index (χ3v) is 2.45. The summed E-state index contributed by atoms with van der Waals surface area (Å²) < 4.78 is 0. The molecule has 0 unspecified atom stereocenters. The minimum Gasteiger partial charge on any atom is -0.370 e. The number of anilines is 1. The van der Waals surface area contributed by atoms with Gasteiger partial charge in [-0.2, -0.15) is 0 Å². The van der Waals surface area contributed by atoms with Crippen molar-refractivity contribution in [2.45, 2.75) is 34.2 Å². The first-order valence-electron chi connectivity index (χ1n) is 6.04. The maximum atomic E-state index is 4.55. The summed E-state index contributed by atoms with van der Waals surface area (Å²) in [5, 5.41) is 6.65. The number of nitrogens with one attached hydrogen (secondary N) is 2. The highest BCUT2D eigenvalue weighted by Crippen LogP contribution is 2.10. The van der Waals surface area contributed by atoms with Crippen molar-refractivity contribution in [3.05, 3.63) is 23.4 Å². The van der Waals surface area contributed by atoms with Gasteiger partial charge < -0.3 is 10.6 Å². The monoisotopic (exact) mass is 221 g/mol. The predicted molar refractivity (Wildman–Crippen MR) is 69.7 cm³/mol. The summed E-state index contributed by atoms with van der Waals surface area (Å²) >= 11 is 0. The van der Waals surface area contributed by atoms with Gasteiger partial charge >= 0.3 is 0 Å². The lowest BCUT2D eigenvalue weighted by atomic mass is 10.2. The average Bonchev–Trinajstić information content (AvgIpc) is 2.25.